The van der Waals surface area contributed by atoms with Gasteiger partial charge >= 0.3 is 5.97 Å². The van der Waals surface area contributed by atoms with E-state index < -0.39 is 16.0 Å². The van der Waals surface area contributed by atoms with Gasteiger partial charge in [0.15, 0.2) is 0 Å². The van der Waals surface area contributed by atoms with Gasteiger partial charge in [0.25, 0.3) is 0 Å². The van der Waals surface area contributed by atoms with E-state index in [4.69, 9.17) is 9.47 Å². The lowest BCUT2D eigenvalue weighted by molar-refractivity contribution is 0.0390. The Morgan fingerprint density at radius 2 is 1.88 bits per heavy atom. The molecule has 24 heavy (non-hydrogen) atoms. The summed E-state index contributed by atoms with van der Waals surface area (Å²) in [6.07, 6.45) is 0. The highest BCUT2D eigenvalue weighted by Gasteiger charge is 2.16. The highest BCUT2D eigenvalue weighted by atomic mass is 35.5. The summed E-state index contributed by atoms with van der Waals surface area (Å²) in [5.74, 6) is -0.461. The van der Waals surface area contributed by atoms with E-state index in [9.17, 15) is 13.2 Å². The summed E-state index contributed by atoms with van der Waals surface area (Å²) in [6.45, 7) is 5.97. The zero-order chi connectivity index (χ0) is 16.7. The van der Waals surface area contributed by atoms with E-state index in [0.717, 1.165) is 13.1 Å². The zero-order valence-electron chi connectivity index (χ0n) is 13.6. The van der Waals surface area contributed by atoms with Gasteiger partial charge in [-0.3, -0.25) is 4.90 Å². The van der Waals surface area contributed by atoms with Crippen LogP contribution < -0.4 is 4.72 Å². The van der Waals surface area contributed by atoms with E-state index in [1.807, 2.05) is 0 Å². The first-order valence-corrected chi connectivity index (χ1v) is 9.08. The normalized spacial score (nSPS) is 15.5. The van der Waals surface area contributed by atoms with Gasteiger partial charge < -0.3 is 9.47 Å². The van der Waals surface area contributed by atoms with Crippen molar-refractivity contribution in [3.8, 4) is 0 Å². The van der Waals surface area contributed by atoms with Crippen molar-refractivity contribution in [3.05, 3.63) is 29.8 Å². The van der Waals surface area contributed by atoms with Crippen LogP contribution in [0.1, 0.15) is 17.3 Å². The fraction of sp³-hybridized carbons (Fsp3) is 0.533. The number of hydrogen-bond donors (Lipinski definition) is 1. The van der Waals surface area contributed by atoms with Crippen molar-refractivity contribution in [1.82, 2.24) is 9.62 Å². The molecule has 0 atom stereocenters. The molecule has 1 fully saturated rings. The molecular formula is C15H23ClN2O5S. The van der Waals surface area contributed by atoms with Gasteiger partial charge in [0.2, 0.25) is 10.0 Å². The molecule has 0 bridgehead atoms. The second-order valence-corrected chi connectivity index (χ2v) is 6.86. The third-order valence-corrected chi connectivity index (χ3v) is 4.98. The lowest BCUT2D eigenvalue weighted by atomic mass is 10.2. The highest BCUT2D eigenvalue weighted by Crippen LogP contribution is 2.11. The van der Waals surface area contributed by atoms with E-state index >= 15 is 0 Å². The van der Waals surface area contributed by atoms with Crippen molar-refractivity contribution in [2.75, 3.05) is 46.0 Å². The van der Waals surface area contributed by atoms with Gasteiger partial charge in [-0.1, -0.05) is 0 Å². The summed E-state index contributed by atoms with van der Waals surface area (Å²) < 4.78 is 37.1. The van der Waals surface area contributed by atoms with Crippen LogP contribution in [-0.4, -0.2) is 65.3 Å². The summed E-state index contributed by atoms with van der Waals surface area (Å²) in [5.41, 5.74) is 0.333. The lowest BCUT2D eigenvalue weighted by Gasteiger charge is -2.26. The number of carbonyl (C=O) groups excluding carboxylic acids is 1. The average molecular weight is 379 g/mol. The first-order chi connectivity index (χ1) is 11.0. The Labute approximate surface area is 148 Å². The van der Waals surface area contributed by atoms with Crippen LogP contribution in [0.3, 0.4) is 0 Å². The quantitative estimate of drug-likeness (QED) is 0.709. The zero-order valence-corrected chi connectivity index (χ0v) is 15.2. The molecule has 2 rings (SSSR count). The van der Waals surface area contributed by atoms with Gasteiger partial charge in [0.05, 0.1) is 30.3 Å². The summed E-state index contributed by atoms with van der Waals surface area (Å²) in [7, 11) is -3.58. The van der Waals surface area contributed by atoms with Crippen molar-refractivity contribution in [3.63, 3.8) is 0 Å². The van der Waals surface area contributed by atoms with Gasteiger partial charge in [-0.25, -0.2) is 17.9 Å². The van der Waals surface area contributed by atoms with Crippen LogP contribution in [0.15, 0.2) is 29.2 Å². The fourth-order valence-electron chi connectivity index (χ4n) is 2.23. The Bertz CT molecular complexity index is 615. The largest absolute Gasteiger partial charge is 0.462 e. The van der Waals surface area contributed by atoms with Crippen LogP contribution in [0.25, 0.3) is 0 Å². The molecule has 0 unspecified atom stereocenters. The third kappa shape index (κ3) is 6.03. The number of rotatable bonds is 7. The summed E-state index contributed by atoms with van der Waals surface area (Å²) in [6, 6.07) is 5.72. The molecule has 136 valence electrons. The Morgan fingerprint density at radius 1 is 1.25 bits per heavy atom. The number of nitrogens with one attached hydrogen (secondary N) is 1. The van der Waals surface area contributed by atoms with E-state index in [1.54, 1.807) is 6.92 Å². The number of ether oxygens (including phenoxy) is 2. The number of hydrogen-bond acceptors (Lipinski definition) is 6. The number of benzene rings is 1. The molecule has 0 aliphatic carbocycles. The minimum absolute atomic E-state index is 0. The van der Waals surface area contributed by atoms with Crippen molar-refractivity contribution in [2.24, 2.45) is 0 Å². The van der Waals surface area contributed by atoms with E-state index in [0.29, 0.717) is 31.9 Å². The first kappa shape index (κ1) is 20.9. The number of esters is 1. The minimum atomic E-state index is -3.58. The van der Waals surface area contributed by atoms with Gasteiger partial charge in [-0.05, 0) is 31.2 Å². The van der Waals surface area contributed by atoms with Crippen molar-refractivity contribution >= 4 is 28.4 Å². The number of nitrogens with zero attached hydrogens (tertiary/aromatic N) is 1. The number of morpholine rings is 1. The number of carbonyl (C=O) groups is 1. The molecule has 0 amide bonds. The Hall–Kier alpha value is -1.19. The van der Waals surface area contributed by atoms with Crippen LogP contribution in [0.4, 0.5) is 0 Å². The molecule has 1 N–H and O–H groups in total. The van der Waals surface area contributed by atoms with Crippen molar-refractivity contribution < 1.29 is 22.7 Å². The molecule has 0 spiro atoms. The van der Waals surface area contributed by atoms with Crippen LogP contribution in [-0.2, 0) is 19.5 Å². The maximum Gasteiger partial charge on any atom is 0.338 e. The van der Waals surface area contributed by atoms with Crippen LogP contribution in [0, 0.1) is 0 Å². The molecule has 1 aromatic rings. The number of halogens is 1. The molecule has 7 nitrogen and oxygen atoms in total. The van der Waals surface area contributed by atoms with Crippen LogP contribution in [0.5, 0.6) is 0 Å². The van der Waals surface area contributed by atoms with E-state index in [2.05, 4.69) is 9.62 Å². The van der Waals surface area contributed by atoms with Gasteiger partial charge in [-0.2, -0.15) is 0 Å². The van der Waals surface area contributed by atoms with E-state index in [-0.39, 0.29) is 23.9 Å². The Balaban J connectivity index is 0.00000288. The fourth-order valence-corrected chi connectivity index (χ4v) is 3.25. The molecule has 0 aromatic heterocycles. The van der Waals surface area contributed by atoms with Crippen LogP contribution in [0.2, 0.25) is 0 Å². The summed E-state index contributed by atoms with van der Waals surface area (Å²) in [4.78, 5) is 13.8. The SMILES string of the molecule is CCOC(=O)c1ccc(S(=O)(=O)NCCN2CCOCC2)cc1.Cl. The maximum absolute atomic E-state index is 12.2. The molecule has 1 saturated heterocycles. The lowest BCUT2D eigenvalue weighted by Crippen LogP contribution is -2.41. The Kier molecular flexibility index (Phi) is 8.65. The van der Waals surface area contributed by atoms with Crippen LogP contribution >= 0.6 is 12.4 Å². The third-order valence-electron chi connectivity index (χ3n) is 3.50. The second kappa shape index (κ2) is 9.95. The summed E-state index contributed by atoms with van der Waals surface area (Å²) in [5, 5.41) is 0. The smallest absolute Gasteiger partial charge is 0.338 e. The second-order valence-electron chi connectivity index (χ2n) is 5.10. The molecule has 1 aliphatic rings. The van der Waals surface area contributed by atoms with Gasteiger partial charge in [-0.15, -0.1) is 12.4 Å². The summed E-state index contributed by atoms with van der Waals surface area (Å²) >= 11 is 0. The highest BCUT2D eigenvalue weighted by molar-refractivity contribution is 7.89. The average Bonchev–Trinajstić information content (AvgIpc) is 2.56. The van der Waals surface area contributed by atoms with E-state index in [1.165, 1.54) is 24.3 Å². The minimum Gasteiger partial charge on any atom is -0.462 e. The van der Waals surface area contributed by atoms with Crippen molar-refractivity contribution in [1.29, 1.82) is 0 Å². The molecule has 1 heterocycles. The molecule has 0 saturated carbocycles. The molecule has 1 aromatic carbocycles. The molecule has 0 radical (unpaired) electrons. The molecule has 1 aliphatic heterocycles. The van der Waals surface area contributed by atoms with Crippen molar-refractivity contribution in [2.45, 2.75) is 11.8 Å². The predicted octanol–water partition coefficient (Wildman–Crippen LogP) is 0.896. The van der Waals surface area contributed by atoms with Gasteiger partial charge in [0.1, 0.15) is 0 Å². The molecular weight excluding hydrogens is 356 g/mol. The standard InChI is InChI=1S/C15H22N2O5S.ClH/c1-2-22-15(18)13-3-5-14(6-4-13)23(19,20)16-7-8-17-9-11-21-12-10-17;/h3-6,16H,2,7-12H2,1H3;1H. The monoisotopic (exact) mass is 378 g/mol. The predicted molar refractivity (Wildman–Crippen MR) is 92.1 cm³/mol. The molecule has 9 heteroatoms. The van der Waals surface area contributed by atoms with Gasteiger partial charge in [0, 0.05) is 26.2 Å². The topological polar surface area (TPSA) is 84.9 Å². The number of sulfonamides is 1. The maximum atomic E-state index is 12.2. The first-order valence-electron chi connectivity index (χ1n) is 7.60. The Morgan fingerprint density at radius 3 is 2.46 bits per heavy atom.